The van der Waals surface area contributed by atoms with E-state index in [-0.39, 0.29) is 16.5 Å². The summed E-state index contributed by atoms with van der Waals surface area (Å²) in [4.78, 5) is 0. The van der Waals surface area contributed by atoms with Crippen LogP contribution in [0.2, 0.25) is 0 Å². The van der Waals surface area contributed by atoms with E-state index in [1.807, 2.05) is 0 Å². The van der Waals surface area contributed by atoms with Crippen molar-refractivity contribution in [1.29, 1.82) is 0 Å². The first-order valence-corrected chi connectivity index (χ1v) is 23.2. The van der Waals surface area contributed by atoms with Gasteiger partial charge in [0.05, 0.1) is 0 Å². The smallest absolute Gasteiger partial charge is 0.493 e. The Bertz CT molecular complexity index is 1280. The topological polar surface area (TPSA) is 25.3 Å². The van der Waals surface area contributed by atoms with Crippen LogP contribution in [-0.2, 0) is 29.3 Å². The summed E-state index contributed by atoms with van der Waals surface area (Å²) < 4.78 is 1.60. The summed E-state index contributed by atoms with van der Waals surface area (Å²) in [5, 5.41) is 0. The normalized spacial score (nSPS) is 12.3. The van der Waals surface area contributed by atoms with Gasteiger partial charge in [-0.3, -0.25) is 0 Å². The Hall–Kier alpha value is -1.99. The molecular weight excluding hydrogens is 711 g/mol. The van der Waals surface area contributed by atoms with Crippen LogP contribution < -0.4 is 0 Å². The molecule has 0 aromatic heterocycles. The van der Waals surface area contributed by atoms with E-state index >= 15 is 0 Å². The third kappa shape index (κ3) is 22.5. The molecule has 55 heavy (non-hydrogen) atoms. The summed E-state index contributed by atoms with van der Waals surface area (Å²) in [5.74, 6) is 0. The van der Waals surface area contributed by atoms with Gasteiger partial charge in [0.25, 0.3) is 0 Å². The third-order valence-corrected chi connectivity index (χ3v) is 10.7. The van der Waals surface area contributed by atoms with Gasteiger partial charge in [0, 0.05) is 22.3 Å². The number of unbranched alkanes of at least 4 members (excludes halogenated alkanes) is 18. The van der Waals surface area contributed by atoms with Gasteiger partial charge in [-0.05, 0) is 86.8 Å². The van der Waals surface area contributed by atoms with Crippen LogP contribution in [0.15, 0.2) is 59.7 Å². The van der Waals surface area contributed by atoms with Crippen molar-refractivity contribution in [1.82, 2.24) is 0 Å². The molecular formula is C52H86N2Ni. The second-order valence-corrected chi connectivity index (χ2v) is 15.7. The maximum absolute atomic E-state index is 12.2. The van der Waals surface area contributed by atoms with Gasteiger partial charge in [-0.1, -0.05) is 181 Å². The maximum atomic E-state index is 12.2. The number of hydrogen-bond donors (Lipinski definition) is 0. The van der Waals surface area contributed by atoms with Crippen LogP contribution in [0.25, 0.3) is 16.9 Å². The predicted octanol–water partition coefficient (Wildman–Crippen LogP) is 17.8. The molecule has 2 nitrogen and oxygen atoms in total. The van der Waals surface area contributed by atoms with Crippen LogP contribution >= 0.6 is 0 Å². The molecule has 0 spiro atoms. The van der Waals surface area contributed by atoms with Crippen LogP contribution in [0.4, 0.5) is 0 Å². The van der Waals surface area contributed by atoms with E-state index in [9.17, 15) is 5.53 Å². The van der Waals surface area contributed by atoms with Crippen molar-refractivity contribution in [3.63, 3.8) is 0 Å². The standard InChI is InChI=1S/C44H68N2.2C4H9.Ni/c1-5-9-13-16-19-22-27-37-29-25-31-39(35-37)43-41(33-12-8-4)42(34-24-21-18-15-11-7-3)44(46(43)45)40-32-26-30-38(36-40)28-23-20-17-14-10-6-2;2*1-3-4-2;/h25-26,29-32,35-36H,5-24,27-28,33-34H2,1-4H3;2*1,3-4H2,2H3;/q;2*-1;+2. The molecule has 0 radical (unpaired) electrons. The quantitative estimate of drug-likeness (QED) is 0.0355. The largest absolute Gasteiger partial charge is 2.00 e. The van der Waals surface area contributed by atoms with Gasteiger partial charge in [-0.25, -0.2) is 4.70 Å². The van der Waals surface area contributed by atoms with Crippen LogP contribution in [0, 0.1) is 13.8 Å². The Kier molecular flexibility index (Phi) is 35.0. The van der Waals surface area contributed by atoms with E-state index in [0.717, 1.165) is 62.8 Å². The van der Waals surface area contributed by atoms with Crippen LogP contribution in [0.3, 0.4) is 0 Å². The zero-order valence-corrected chi connectivity index (χ0v) is 38.0. The second-order valence-electron chi connectivity index (χ2n) is 15.7. The van der Waals surface area contributed by atoms with Gasteiger partial charge in [-0.2, -0.15) is 12.8 Å². The number of nitrogens with zero attached hydrogens (tertiary/aromatic N) is 2. The Morgan fingerprint density at radius 2 is 0.727 bits per heavy atom. The first kappa shape index (κ1) is 53.0. The monoisotopic (exact) mass is 797 g/mol. The number of benzene rings is 2. The van der Waals surface area contributed by atoms with E-state index in [4.69, 9.17) is 0 Å². The van der Waals surface area contributed by atoms with Crippen molar-refractivity contribution in [2.45, 2.75) is 221 Å². The number of rotatable bonds is 28. The van der Waals surface area contributed by atoms with Crippen LogP contribution in [0.1, 0.15) is 231 Å². The average Bonchev–Trinajstić information content (AvgIpc) is 3.48. The first-order chi connectivity index (χ1) is 26.5. The molecule has 3 rings (SSSR count). The fourth-order valence-electron chi connectivity index (χ4n) is 7.19. The zero-order valence-electron chi connectivity index (χ0n) is 37.0. The van der Waals surface area contributed by atoms with Gasteiger partial charge in [-0.15, -0.1) is 0 Å². The van der Waals surface area contributed by atoms with Gasteiger partial charge in [0.15, 0.2) is 0 Å². The second kappa shape index (κ2) is 36.4. The SMILES string of the molecule is CCCCCCCCC1=C(c2cccc(CCCCCCCC)c2)[N+](=[N-])C(c2cccc(CCCCCCCC)c2)=C1CCCC.[CH2-]CCC.[CH2-]CCC.[Ni+2]. The molecule has 2 aromatic carbocycles. The minimum absolute atomic E-state index is 0. The van der Waals surface area contributed by atoms with Crippen molar-refractivity contribution in [3.05, 3.63) is 101 Å². The summed E-state index contributed by atoms with van der Waals surface area (Å²) in [5.41, 5.74) is 22.2. The molecule has 1 aliphatic heterocycles. The van der Waals surface area contributed by atoms with Crippen molar-refractivity contribution < 1.29 is 21.2 Å². The maximum Gasteiger partial charge on any atom is 2.00 e. The molecule has 2 aromatic rings. The molecule has 1 aliphatic rings. The zero-order chi connectivity index (χ0) is 39.7. The molecule has 0 amide bonds. The summed E-state index contributed by atoms with van der Waals surface area (Å²) in [7, 11) is 0. The minimum Gasteiger partial charge on any atom is -0.493 e. The minimum atomic E-state index is 0. The number of aryl methyl sites for hydroxylation is 2. The van der Waals surface area contributed by atoms with Gasteiger partial charge in [0.1, 0.15) is 0 Å². The summed E-state index contributed by atoms with van der Waals surface area (Å²) in [6.45, 7) is 20.6. The Balaban J connectivity index is 0.00000294. The van der Waals surface area contributed by atoms with E-state index < -0.39 is 0 Å². The van der Waals surface area contributed by atoms with Gasteiger partial charge < -0.3 is 19.4 Å². The summed E-state index contributed by atoms with van der Waals surface area (Å²) in [6.07, 6.45) is 34.7. The van der Waals surface area contributed by atoms with E-state index in [1.165, 1.54) is 162 Å². The summed E-state index contributed by atoms with van der Waals surface area (Å²) in [6, 6.07) is 18.2. The van der Waals surface area contributed by atoms with Crippen molar-refractivity contribution in [2.24, 2.45) is 0 Å². The molecule has 0 atom stereocenters. The molecule has 0 saturated carbocycles. The van der Waals surface area contributed by atoms with Crippen molar-refractivity contribution >= 4 is 11.4 Å². The molecule has 0 fully saturated rings. The summed E-state index contributed by atoms with van der Waals surface area (Å²) >= 11 is 0. The van der Waals surface area contributed by atoms with Gasteiger partial charge in [0.2, 0.25) is 11.4 Å². The number of allylic oxidation sites excluding steroid dienone is 2. The van der Waals surface area contributed by atoms with Crippen LogP contribution in [-0.4, -0.2) is 4.70 Å². The number of hydrogen-bond acceptors (Lipinski definition) is 0. The Morgan fingerprint density at radius 1 is 0.418 bits per heavy atom. The van der Waals surface area contributed by atoms with Crippen LogP contribution in [0.5, 0.6) is 0 Å². The van der Waals surface area contributed by atoms with E-state index in [1.54, 1.807) is 4.70 Å². The van der Waals surface area contributed by atoms with E-state index in [2.05, 4.69) is 104 Å². The molecule has 3 heteroatoms. The van der Waals surface area contributed by atoms with E-state index in [0.29, 0.717) is 0 Å². The molecule has 0 N–H and O–H groups in total. The Labute approximate surface area is 353 Å². The molecule has 0 unspecified atom stereocenters. The average molecular weight is 798 g/mol. The van der Waals surface area contributed by atoms with Crippen molar-refractivity contribution in [3.8, 4) is 0 Å². The Morgan fingerprint density at radius 3 is 1.07 bits per heavy atom. The molecule has 0 bridgehead atoms. The first-order valence-electron chi connectivity index (χ1n) is 23.2. The predicted molar refractivity (Wildman–Crippen MR) is 243 cm³/mol. The third-order valence-electron chi connectivity index (χ3n) is 10.7. The molecule has 1 heterocycles. The molecule has 0 aliphatic carbocycles. The van der Waals surface area contributed by atoms with Crippen molar-refractivity contribution in [2.75, 3.05) is 0 Å². The molecule has 314 valence electrons. The fraction of sp³-hybridized carbons (Fsp3) is 0.654. The fourth-order valence-corrected chi connectivity index (χ4v) is 7.19. The van der Waals surface area contributed by atoms with Gasteiger partial charge >= 0.3 is 16.5 Å². The molecule has 0 saturated heterocycles.